The number of methoxy groups -OCH3 is 1. The minimum atomic E-state index is -0.778. The summed E-state index contributed by atoms with van der Waals surface area (Å²) in [6.45, 7) is 0. The lowest BCUT2D eigenvalue weighted by Gasteiger charge is -2.34. The van der Waals surface area contributed by atoms with E-state index < -0.39 is 12.2 Å². The Morgan fingerprint density at radius 3 is 2.55 bits per heavy atom. The summed E-state index contributed by atoms with van der Waals surface area (Å²) < 4.78 is 4.95. The Bertz CT molecular complexity index is 131. The highest BCUT2D eigenvalue weighted by atomic mass is 16.5. The molecule has 66 valence electrons. The van der Waals surface area contributed by atoms with Crippen molar-refractivity contribution in [3.63, 3.8) is 0 Å². The lowest BCUT2D eigenvalue weighted by Crippen LogP contribution is -2.49. The molecule has 0 unspecified atom stereocenters. The summed E-state index contributed by atoms with van der Waals surface area (Å²) in [5.74, 6) is 0. The van der Waals surface area contributed by atoms with Crippen molar-refractivity contribution < 1.29 is 14.9 Å². The van der Waals surface area contributed by atoms with Gasteiger partial charge in [-0.2, -0.15) is 0 Å². The number of ether oxygens (including phenoxy) is 1. The summed E-state index contributed by atoms with van der Waals surface area (Å²) in [6.07, 6.45) is -0.743. The quantitative estimate of drug-likeness (QED) is 0.453. The zero-order valence-corrected chi connectivity index (χ0v) is 6.60. The van der Waals surface area contributed by atoms with Crippen molar-refractivity contribution in [1.82, 2.24) is 0 Å². The Balaban J connectivity index is 2.51. The molecule has 1 aliphatic rings. The summed E-state index contributed by atoms with van der Waals surface area (Å²) in [4.78, 5) is 0. The molecule has 1 rings (SSSR count). The molecule has 0 saturated heterocycles. The molecule has 0 bridgehead atoms. The van der Waals surface area contributed by atoms with Crippen molar-refractivity contribution in [3.05, 3.63) is 0 Å². The summed E-state index contributed by atoms with van der Waals surface area (Å²) in [5, 5.41) is 18.6. The first-order valence-electron chi connectivity index (χ1n) is 3.79. The van der Waals surface area contributed by atoms with Gasteiger partial charge in [0.1, 0.15) is 6.10 Å². The van der Waals surface area contributed by atoms with E-state index >= 15 is 0 Å². The van der Waals surface area contributed by atoms with Crippen LogP contribution in [-0.4, -0.2) is 41.7 Å². The minimum Gasteiger partial charge on any atom is -0.390 e. The zero-order chi connectivity index (χ0) is 8.43. The Morgan fingerprint density at radius 2 is 2.00 bits per heavy atom. The van der Waals surface area contributed by atoms with E-state index in [-0.39, 0.29) is 12.1 Å². The average molecular weight is 161 g/mol. The fourth-order valence-corrected chi connectivity index (χ4v) is 1.47. The molecule has 1 saturated carbocycles. The van der Waals surface area contributed by atoms with Crippen LogP contribution >= 0.6 is 0 Å². The van der Waals surface area contributed by atoms with Crippen molar-refractivity contribution in [3.8, 4) is 0 Å². The van der Waals surface area contributed by atoms with E-state index in [1.54, 1.807) is 0 Å². The molecule has 11 heavy (non-hydrogen) atoms. The summed E-state index contributed by atoms with van der Waals surface area (Å²) in [5.41, 5.74) is 5.60. The van der Waals surface area contributed by atoms with Crippen LogP contribution in [0.5, 0.6) is 0 Å². The highest BCUT2D eigenvalue weighted by molar-refractivity contribution is 4.88. The van der Waals surface area contributed by atoms with E-state index in [0.717, 1.165) is 0 Å². The maximum Gasteiger partial charge on any atom is 0.106 e. The van der Waals surface area contributed by atoms with Crippen LogP contribution in [0.25, 0.3) is 0 Å². The van der Waals surface area contributed by atoms with E-state index in [2.05, 4.69) is 0 Å². The molecule has 4 N–H and O–H groups in total. The fourth-order valence-electron chi connectivity index (χ4n) is 1.47. The molecule has 0 aromatic heterocycles. The molecule has 0 aromatic rings. The number of nitrogens with two attached hydrogens (primary N) is 1. The largest absolute Gasteiger partial charge is 0.390 e. The molecule has 0 heterocycles. The second-order valence-corrected chi connectivity index (χ2v) is 3.06. The number of rotatable bonds is 1. The third-order valence-corrected chi connectivity index (χ3v) is 2.16. The van der Waals surface area contributed by atoms with Crippen LogP contribution in [0.4, 0.5) is 0 Å². The molecule has 0 radical (unpaired) electrons. The van der Waals surface area contributed by atoms with Gasteiger partial charge in [0, 0.05) is 13.2 Å². The Morgan fingerprint density at radius 1 is 1.36 bits per heavy atom. The maximum absolute atomic E-state index is 9.32. The predicted molar refractivity (Wildman–Crippen MR) is 40.0 cm³/mol. The van der Waals surface area contributed by atoms with Crippen LogP contribution < -0.4 is 5.73 Å². The summed E-state index contributed by atoms with van der Waals surface area (Å²) in [7, 11) is 1.51. The third kappa shape index (κ3) is 1.90. The van der Waals surface area contributed by atoms with Gasteiger partial charge in [-0.05, 0) is 12.8 Å². The van der Waals surface area contributed by atoms with Crippen molar-refractivity contribution >= 4 is 0 Å². The van der Waals surface area contributed by atoms with Crippen LogP contribution in [0.2, 0.25) is 0 Å². The maximum atomic E-state index is 9.32. The summed E-state index contributed by atoms with van der Waals surface area (Å²) in [6, 6.07) is -0.0571. The van der Waals surface area contributed by atoms with Gasteiger partial charge in [0.2, 0.25) is 0 Å². The average Bonchev–Trinajstić information content (AvgIpc) is 1.96. The lowest BCUT2D eigenvalue weighted by molar-refractivity contribution is -0.104. The van der Waals surface area contributed by atoms with Gasteiger partial charge in [0.25, 0.3) is 0 Å². The van der Waals surface area contributed by atoms with E-state index in [4.69, 9.17) is 10.5 Å². The van der Waals surface area contributed by atoms with E-state index in [0.29, 0.717) is 12.8 Å². The molecule has 1 fully saturated rings. The Labute approximate surface area is 66.0 Å². The van der Waals surface area contributed by atoms with Gasteiger partial charge >= 0.3 is 0 Å². The number of aliphatic hydroxyl groups excluding tert-OH is 2. The van der Waals surface area contributed by atoms with Gasteiger partial charge in [-0.25, -0.2) is 0 Å². The zero-order valence-electron chi connectivity index (χ0n) is 6.60. The monoisotopic (exact) mass is 161 g/mol. The molecule has 0 spiro atoms. The van der Waals surface area contributed by atoms with Gasteiger partial charge in [0.15, 0.2) is 0 Å². The van der Waals surface area contributed by atoms with Gasteiger partial charge in [0.05, 0.1) is 12.2 Å². The van der Waals surface area contributed by atoms with Gasteiger partial charge in [-0.15, -0.1) is 0 Å². The topological polar surface area (TPSA) is 75.7 Å². The van der Waals surface area contributed by atoms with E-state index in [1.807, 2.05) is 0 Å². The van der Waals surface area contributed by atoms with Crippen LogP contribution in [0.3, 0.4) is 0 Å². The van der Waals surface area contributed by atoms with Crippen molar-refractivity contribution in [2.45, 2.75) is 37.2 Å². The second kappa shape index (κ2) is 3.49. The first-order chi connectivity index (χ1) is 5.15. The normalized spacial score (nSPS) is 45.8. The molecular weight excluding hydrogens is 146 g/mol. The Hall–Kier alpha value is -0.160. The van der Waals surface area contributed by atoms with Crippen LogP contribution in [-0.2, 0) is 4.74 Å². The number of hydrogen-bond donors (Lipinski definition) is 3. The molecule has 0 aromatic carbocycles. The minimum absolute atomic E-state index is 0.0571. The third-order valence-electron chi connectivity index (χ3n) is 2.16. The summed E-state index contributed by atoms with van der Waals surface area (Å²) >= 11 is 0. The molecule has 4 nitrogen and oxygen atoms in total. The molecular formula is C7H15NO3. The van der Waals surface area contributed by atoms with Gasteiger partial charge in [-0.1, -0.05) is 0 Å². The van der Waals surface area contributed by atoms with Gasteiger partial charge in [-0.3, -0.25) is 0 Å². The molecule has 4 heteroatoms. The SMILES string of the molecule is CO[C@H]1C[C@@H](N)C[C@H](O)[C@@H]1O. The first kappa shape index (κ1) is 8.93. The molecule has 0 aliphatic heterocycles. The Kier molecular flexibility index (Phi) is 2.84. The molecule has 4 atom stereocenters. The highest BCUT2D eigenvalue weighted by Crippen LogP contribution is 2.20. The standard InChI is InChI=1S/C7H15NO3/c1-11-6-3-4(8)2-5(9)7(6)10/h4-7,9-10H,2-3,8H2,1H3/t4-,5-,6-,7-/m0/s1. The molecule has 0 amide bonds. The number of hydrogen-bond acceptors (Lipinski definition) is 4. The second-order valence-electron chi connectivity index (χ2n) is 3.06. The van der Waals surface area contributed by atoms with Crippen molar-refractivity contribution in [2.24, 2.45) is 5.73 Å². The van der Waals surface area contributed by atoms with Gasteiger partial charge < -0.3 is 20.7 Å². The fraction of sp³-hybridized carbons (Fsp3) is 1.00. The smallest absolute Gasteiger partial charge is 0.106 e. The van der Waals surface area contributed by atoms with Crippen LogP contribution in [0.15, 0.2) is 0 Å². The van der Waals surface area contributed by atoms with Crippen LogP contribution in [0.1, 0.15) is 12.8 Å². The van der Waals surface area contributed by atoms with Crippen molar-refractivity contribution in [1.29, 1.82) is 0 Å². The number of aliphatic hydroxyl groups is 2. The lowest BCUT2D eigenvalue weighted by atomic mass is 9.89. The van der Waals surface area contributed by atoms with E-state index in [1.165, 1.54) is 7.11 Å². The molecule has 1 aliphatic carbocycles. The predicted octanol–water partition coefficient (Wildman–Crippen LogP) is -1.16. The highest BCUT2D eigenvalue weighted by Gasteiger charge is 2.34. The van der Waals surface area contributed by atoms with Crippen LogP contribution in [0, 0.1) is 0 Å². The van der Waals surface area contributed by atoms with Crippen molar-refractivity contribution in [2.75, 3.05) is 7.11 Å². The van der Waals surface area contributed by atoms with E-state index in [9.17, 15) is 10.2 Å². The first-order valence-corrected chi connectivity index (χ1v) is 3.79.